The van der Waals surface area contributed by atoms with Crippen LogP contribution in [-0.4, -0.2) is 15.6 Å². The molecule has 0 fully saturated rings. The predicted molar refractivity (Wildman–Crippen MR) is 76.9 cm³/mol. The van der Waals surface area contributed by atoms with Gasteiger partial charge in [-0.25, -0.2) is 0 Å². The van der Waals surface area contributed by atoms with E-state index in [1.807, 2.05) is 20.9 Å². The van der Waals surface area contributed by atoms with Crippen LogP contribution in [0.1, 0.15) is 28.7 Å². The van der Waals surface area contributed by atoms with Crippen LogP contribution in [0.15, 0.2) is 22.7 Å². The maximum absolute atomic E-state index is 11.4. The zero-order valence-corrected chi connectivity index (χ0v) is 12.9. The molecule has 0 bridgehead atoms. The number of Topliss-reactive ketones (excluding diaryl/α,β-unsaturated/α-hetero) is 1. The molecule has 1 aromatic carbocycles. The molecule has 1 heterocycles. The van der Waals surface area contributed by atoms with E-state index < -0.39 is 0 Å². The van der Waals surface area contributed by atoms with Gasteiger partial charge in [0.15, 0.2) is 11.5 Å². The highest BCUT2D eigenvalue weighted by Crippen LogP contribution is 2.30. The maximum Gasteiger partial charge on any atom is 0.171 e. The molecule has 0 saturated carbocycles. The third-order valence-electron chi connectivity index (χ3n) is 2.98. The Bertz CT molecular complexity index is 647. The lowest BCUT2D eigenvalue weighted by Crippen LogP contribution is -1.95. The number of benzene rings is 1. The minimum absolute atomic E-state index is 0.0205. The average Bonchev–Trinajstić information content (AvgIpc) is 2.56. The second-order valence-corrected chi connectivity index (χ2v) is 5.28. The largest absolute Gasteiger partial charge is 0.453 e. The zero-order valence-electron chi connectivity index (χ0n) is 11.3. The van der Waals surface area contributed by atoms with Gasteiger partial charge in [-0.15, -0.1) is 0 Å². The Labute approximate surface area is 120 Å². The first-order valence-electron chi connectivity index (χ1n) is 5.88. The lowest BCUT2D eigenvalue weighted by molar-refractivity contribution is 0.101. The van der Waals surface area contributed by atoms with Crippen LogP contribution in [0.4, 0.5) is 0 Å². The monoisotopic (exact) mass is 322 g/mol. The number of carbonyl (C=O) groups is 1. The van der Waals surface area contributed by atoms with Gasteiger partial charge in [0, 0.05) is 17.1 Å². The highest BCUT2D eigenvalue weighted by Gasteiger charge is 2.13. The first kappa shape index (κ1) is 13.8. The number of carbonyl (C=O) groups excluding carboxylic acids is 1. The van der Waals surface area contributed by atoms with E-state index in [0.29, 0.717) is 11.3 Å². The van der Waals surface area contributed by atoms with Gasteiger partial charge in [0.2, 0.25) is 0 Å². The zero-order chi connectivity index (χ0) is 14.2. The van der Waals surface area contributed by atoms with E-state index in [4.69, 9.17) is 4.74 Å². The molecule has 5 heteroatoms. The summed E-state index contributed by atoms with van der Waals surface area (Å²) in [6.45, 7) is 5.39. The molecule has 1 aromatic heterocycles. The van der Waals surface area contributed by atoms with Gasteiger partial charge in [0.05, 0.1) is 5.69 Å². The van der Waals surface area contributed by atoms with Gasteiger partial charge >= 0.3 is 0 Å². The lowest BCUT2D eigenvalue weighted by atomic mass is 10.1. The van der Waals surface area contributed by atoms with Crippen LogP contribution < -0.4 is 4.74 Å². The minimum atomic E-state index is 0.0205. The molecule has 4 nitrogen and oxygen atoms in total. The van der Waals surface area contributed by atoms with Gasteiger partial charge in [0.25, 0.3) is 0 Å². The molecule has 0 aliphatic carbocycles. The molecular formula is C14H15BrN2O2. The second kappa shape index (κ2) is 5.17. The van der Waals surface area contributed by atoms with E-state index in [9.17, 15) is 4.79 Å². The Morgan fingerprint density at radius 2 is 2.05 bits per heavy atom. The number of halogens is 1. The summed E-state index contributed by atoms with van der Waals surface area (Å²) < 4.78 is 8.37. The van der Waals surface area contributed by atoms with Crippen LogP contribution >= 0.6 is 15.9 Å². The van der Waals surface area contributed by atoms with E-state index in [1.165, 1.54) is 6.92 Å². The number of rotatable bonds is 3. The summed E-state index contributed by atoms with van der Waals surface area (Å²) >= 11 is 3.38. The van der Waals surface area contributed by atoms with Crippen LogP contribution in [0.3, 0.4) is 0 Å². The molecule has 0 atom stereocenters. The molecule has 0 amide bonds. The fourth-order valence-corrected chi connectivity index (χ4v) is 2.50. The van der Waals surface area contributed by atoms with Gasteiger partial charge in [-0.2, -0.15) is 5.10 Å². The Balaban J connectivity index is 2.34. The topological polar surface area (TPSA) is 44.1 Å². The summed E-state index contributed by atoms with van der Waals surface area (Å²) in [4.78, 5) is 11.4. The van der Waals surface area contributed by atoms with E-state index in [1.54, 1.807) is 22.9 Å². The predicted octanol–water partition coefficient (Wildman–Crippen LogP) is 3.79. The van der Waals surface area contributed by atoms with Crippen molar-refractivity contribution in [3.8, 4) is 11.5 Å². The molecule has 19 heavy (non-hydrogen) atoms. The fraction of sp³-hybridized carbons (Fsp3) is 0.286. The molecule has 0 spiro atoms. The number of hydrogen-bond acceptors (Lipinski definition) is 3. The van der Waals surface area contributed by atoms with Crippen LogP contribution in [0.25, 0.3) is 0 Å². The van der Waals surface area contributed by atoms with Crippen molar-refractivity contribution in [2.75, 3.05) is 0 Å². The molecule has 0 aliphatic rings. The highest BCUT2D eigenvalue weighted by atomic mass is 79.9. The Morgan fingerprint density at radius 1 is 1.37 bits per heavy atom. The molecule has 0 radical (unpaired) electrons. The number of ketones is 1. The van der Waals surface area contributed by atoms with Crippen molar-refractivity contribution in [1.82, 2.24) is 9.78 Å². The molecule has 0 unspecified atom stereocenters. The Morgan fingerprint density at radius 3 is 2.53 bits per heavy atom. The Hall–Kier alpha value is -1.62. The van der Waals surface area contributed by atoms with E-state index in [2.05, 4.69) is 21.0 Å². The van der Waals surface area contributed by atoms with Gasteiger partial charge < -0.3 is 4.74 Å². The summed E-state index contributed by atoms with van der Waals surface area (Å²) in [5.41, 5.74) is 2.45. The number of ether oxygens (including phenoxy) is 1. The number of aromatic nitrogens is 2. The first-order chi connectivity index (χ1) is 8.90. The lowest BCUT2D eigenvalue weighted by Gasteiger charge is -2.08. The van der Waals surface area contributed by atoms with Crippen LogP contribution in [0.2, 0.25) is 0 Å². The number of hydrogen-bond donors (Lipinski definition) is 0. The van der Waals surface area contributed by atoms with Gasteiger partial charge in [0.1, 0.15) is 11.4 Å². The van der Waals surface area contributed by atoms with Crippen molar-refractivity contribution in [3.05, 3.63) is 39.6 Å². The van der Waals surface area contributed by atoms with E-state index in [-0.39, 0.29) is 5.78 Å². The van der Waals surface area contributed by atoms with E-state index >= 15 is 0 Å². The summed E-state index contributed by atoms with van der Waals surface area (Å²) in [7, 11) is 1.88. The van der Waals surface area contributed by atoms with Crippen molar-refractivity contribution >= 4 is 21.7 Å². The van der Waals surface area contributed by atoms with Crippen molar-refractivity contribution in [3.63, 3.8) is 0 Å². The molecule has 2 aromatic rings. The smallest absolute Gasteiger partial charge is 0.171 e. The molecule has 0 saturated heterocycles. The van der Waals surface area contributed by atoms with Gasteiger partial charge in [-0.1, -0.05) is 0 Å². The third-order valence-corrected chi connectivity index (χ3v) is 3.64. The number of aryl methyl sites for hydroxylation is 2. The first-order valence-corrected chi connectivity index (χ1v) is 6.68. The van der Waals surface area contributed by atoms with Crippen molar-refractivity contribution in [1.29, 1.82) is 0 Å². The summed E-state index contributed by atoms with van der Waals surface area (Å²) in [5.74, 6) is 1.45. The van der Waals surface area contributed by atoms with Crippen LogP contribution in [0.5, 0.6) is 11.5 Å². The SMILES string of the molecule is CC(=O)c1ccc(Oc2c(C)nn(C)c2C)cc1Br. The molecule has 100 valence electrons. The van der Waals surface area contributed by atoms with Gasteiger partial charge in [-0.05, 0) is 54.9 Å². The van der Waals surface area contributed by atoms with Gasteiger partial charge in [-0.3, -0.25) is 9.48 Å². The Kier molecular flexibility index (Phi) is 3.75. The minimum Gasteiger partial charge on any atom is -0.453 e. The second-order valence-electron chi connectivity index (χ2n) is 4.42. The standard InChI is InChI=1S/C14H15BrN2O2/c1-8-14(9(2)17(4)16-8)19-11-5-6-12(10(3)18)13(15)7-11/h5-7H,1-4H3. The van der Waals surface area contributed by atoms with Crippen molar-refractivity contribution < 1.29 is 9.53 Å². The summed E-state index contributed by atoms with van der Waals surface area (Å²) in [5, 5.41) is 4.30. The normalized spacial score (nSPS) is 10.6. The van der Waals surface area contributed by atoms with Crippen molar-refractivity contribution in [2.24, 2.45) is 7.05 Å². The van der Waals surface area contributed by atoms with E-state index in [0.717, 1.165) is 21.6 Å². The molecule has 0 aliphatic heterocycles. The third kappa shape index (κ3) is 2.71. The number of nitrogens with zero attached hydrogens (tertiary/aromatic N) is 2. The average molecular weight is 323 g/mol. The highest BCUT2D eigenvalue weighted by molar-refractivity contribution is 9.10. The van der Waals surface area contributed by atoms with Crippen molar-refractivity contribution in [2.45, 2.75) is 20.8 Å². The maximum atomic E-state index is 11.4. The molecule has 2 rings (SSSR count). The molecule has 0 N–H and O–H groups in total. The summed E-state index contributed by atoms with van der Waals surface area (Å²) in [6.07, 6.45) is 0. The van der Waals surface area contributed by atoms with Crippen LogP contribution in [-0.2, 0) is 7.05 Å². The summed E-state index contributed by atoms with van der Waals surface area (Å²) in [6, 6.07) is 5.33. The molecular weight excluding hydrogens is 308 g/mol. The van der Waals surface area contributed by atoms with Crippen LogP contribution in [0, 0.1) is 13.8 Å². The fourth-order valence-electron chi connectivity index (χ4n) is 1.86. The quantitative estimate of drug-likeness (QED) is 0.807.